The van der Waals surface area contributed by atoms with Gasteiger partial charge in [-0.05, 0) is 25.0 Å². The topological polar surface area (TPSA) is 20.3 Å². The van der Waals surface area contributed by atoms with Crippen molar-refractivity contribution in [3.05, 3.63) is 35.4 Å². The van der Waals surface area contributed by atoms with Crippen LogP contribution in [0.15, 0.2) is 18.2 Å². The predicted molar refractivity (Wildman–Crippen MR) is 99.8 cm³/mol. The van der Waals surface area contributed by atoms with E-state index in [0.717, 1.165) is 50.7 Å². The maximum absolute atomic E-state index is 14.0. The first-order valence-electron chi connectivity index (χ1n) is 9.85. The van der Waals surface area contributed by atoms with Gasteiger partial charge in [0.15, 0.2) is 0 Å². The lowest BCUT2D eigenvalue weighted by molar-refractivity contribution is 0.0739. The number of halogens is 2. The van der Waals surface area contributed by atoms with E-state index in [1.165, 1.54) is 31.7 Å². The quantitative estimate of drug-likeness (QED) is 0.378. The molecule has 0 unspecified atom stereocenters. The highest BCUT2D eigenvalue weighted by Gasteiger charge is 2.22. The van der Waals surface area contributed by atoms with E-state index in [0.29, 0.717) is 13.1 Å². The first-order chi connectivity index (χ1) is 12.1. The number of hydrogen-bond acceptors (Lipinski definition) is 1. The Hall–Kier alpha value is -1.45. The molecular weight excluding hydrogens is 320 g/mol. The lowest BCUT2D eigenvalue weighted by Gasteiger charge is -2.23. The maximum Gasteiger partial charge on any atom is 0.259 e. The molecule has 142 valence electrons. The number of benzene rings is 1. The van der Waals surface area contributed by atoms with Crippen molar-refractivity contribution in [1.29, 1.82) is 0 Å². The fraction of sp³-hybridized carbons (Fsp3) is 0.667. The fourth-order valence-corrected chi connectivity index (χ4v) is 2.99. The van der Waals surface area contributed by atoms with E-state index >= 15 is 0 Å². The molecule has 2 nitrogen and oxygen atoms in total. The smallest absolute Gasteiger partial charge is 0.259 e. The summed E-state index contributed by atoms with van der Waals surface area (Å²) in [5.41, 5.74) is -0.412. The van der Waals surface area contributed by atoms with Gasteiger partial charge in [-0.1, -0.05) is 71.3 Å². The van der Waals surface area contributed by atoms with Crippen molar-refractivity contribution < 1.29 is 13.6 Å². The minimum atomic E-state index is -0.771. The molecule has 1 rings (SSSR count). The van der Waals surface area contributed by atoms with E-state index in [2.05, 4.69) is 13.8 Å². The minimum Gasteiger partial charge on any atom is -0.338 e. The normalized spacial score (nSPS) is 10.9. The Labute approximate surface area is 151 Å². The number of carbonyl (C=O) groups is 1. The molecule has 0 N–H and O–H groups in total. The molecule has 0 radical (unpaired) electrons. The summed E-state index contributed by atoms with van der Waals surface area (Å²) in [6.07, 6.45) is 10.9. The van der Waals surface area contributed by atoms with E-state index in [4.69, 9.17) is 0 Å². The van der Waals surface area contributed by atoms with Crippen LogP contribution in [0.5, 0.6) is 0 Å². The maximum atomic E-state index is 14.0. The van der Waals surface area contributed by atoms with Crippen LogP contribution in [-0.2, 0) is 0 Å². The standard InChI is InChI=1S/C21H33F2NO/c1-3-5-7-9-11-16-24(17-12-10-8-6-4-2)21(25)20-18(22)14-13-15-19(20)23/h13-15H,3-12,16-17H2,1-2H3. The number of hydrogen-bond donors (Lipinski definition) is 0. The Morgan fingerprint density at radius 3 is 1.68 bits per heavy atom. The van der Waals surface area contributed by atoms with Gasteiger partial charge in [-0.3, -0.25) is 4.79 Å². The monoisotopic (exact) mass is 353 g/mol. The number of rotatable bonds is 13. The summed E-state index contributed by atoms with van der Waals surface area (Å²) in [7, 11) is 0. The van der Waals surface area contributed by atoms with Gasteiger partial charge in [0, 0.05) is 13.1 Å². The van der Waals surface area contributed by atoms with E-state index in [-0.39, 0.29) is 0 Å². The average molecular weight is 353 g/mol. The van der Waals surface area contributed by atoms with Crippen LogP contribution in [-0.4, -0.2) is 23.9 Å². The summed E-state index contributed by atoms with van der Waals surface area (Å²) in [4.78, 5) is 14.3. The van der Waals surface area contributed by atoms with Gasteiger partial charge in [0.25, 0.3) is 5.91 Å². The molecule has 1 aromatic rings. The van der Waals surface area contributed by atoms with Gasteiger partial charge < -0.3 is 4.90 Å². The van der Waals surface area contributed by atoms with E-state index < -0.39 is 23.1 Å². The second-order valence-corrected chi connectivity index (χ2v) is 6.72. The van der Waals surface area contributed by atoms with Crippen LogP contribution in [0, 0.1) is 11.6 Å². The van der Waals surface area contributed by atoms with Crippen LogP contribution in [0.25, 0.3) is 0 Å². The van der Waals surface area contributed by atoms with Gasteiger partial charge in [-0.15, -0.1) is 0 Å². The third kappa shape index (κ3) is 7.98. The summed E-state index contributed by atoms with van der Waals surface area (Å²) < 4.78 is 27.9. The van der Waals surface area contributed by atoms with Crippen molar-refractivity contribution in [1.82, 2.24) is 4.90 Å². The SMILES string of the molecule is CCCCCCCN(CCCCCCC)C(=O)c1c(F)cccc1F. The highest BCUT2D eigenvalue weighted by Crippen LogP contribution is 2.17. The minimum absolute atomic E-state index is 0.412. The van der Waals surface area contributed by atoms with Crippen LogP contribution in [0.4, 0.5) is 8.78 Å². The molecule has 0 saturated carbocycles. The molecule has 0 spiro atoms. The van der Waals surface area contributed by atoms with E-state index in [9.17, 15) is 13.6 Å². The molecule has 0 aliphatic rings. The van der Waals surface area contributed by atoms with E-state index in [1.807, 2.05) is 0 Å². The van der Waals surface area contributed by atoms with Crippen molar-refractivity contribution in [2.24, 2.45) is 0 Å². The molecule has 0 aliphatic heterocycles. The van der Waals surface area contributed by atoms with Gasteiger partial charge in [0.1, 0.15) is 17.2 Å². The summed E-state index contributed by atoms with van der Waals surface area (Å²) in [5.74, 6) is -2.06. The largest absolute Gasteiger partial charge is 0.338 e. The highest BCUT2D eigenvalue weighted by atomic mass is 19.1. The molecular formula is C21H33F2NO. The van der Waals surface area contributed by atoms with E-state index in [1.54, 1.807) is 4.90 Å². The number of nitrogens with zero attached hydrogens (tertiary/aromatic N) is 1. The second kappa shape index (κ2) is 12.8. The third-order valence-electron chi connectivity index (χ3n) is 4.53. The number of unbranched alkanes of at least 4 members (excludes halogenated alkanes) is 8. The van der Waals surface area contributed by atoms with Gasteiger partial charge in [-0.2, -0.15) is 0 Å². The summed E-state index contributed by atoms with van der Waals surface area (Å²) in [6, 6.07) is 3.59. The zero-order chi connectivity index (χ0) is 18.5. The Kier molecular flexibility index (Phi) is 11.1. The summed E-state index contributed by atoms with van der Waals surface area (Å²) in [6.45, 7) is 5.47. The average Bonchev–Trinajstić information content (AvgIpc) is 2.59. The molecule has 0 bridgehead atoms. The Morgan fingerprint density at radius 2 is 1.24 bits per heavy atom. The Balaban J connectivity index is 2.66. The van der Waals surface area contributed by atoms with Crippen molar-refractivity contribution in [3.63, 3.8) is 0 Å². The van der Waals surface area contributed by atoms with Crippen molar-refractivity contribution in [3.8, 4) is 0 Å². The van der Waals surface area contributed by atoms with Gasteiger partial charge in [-0.25, -0.2) is 8.78 Å². The van der Waals surface area contributed by atoms with Gasteiger partial charge in [0.05, 0.1) is 0 Å². The van der Waals surface area contributed by atoms with Gasteiger partial charge >= 0.3 is 0 Å². The van der Waals surface area contributed by atoms with Crippen LogP contribution >= 0.6 is 0 Å². The fourth-order valence-electron chi connectivity index (χ4n) is 2.99. The van der Waals surface area contributed by atoms with Gasteiger partial charge in [0.2, 0.25) is 0 Å². The zero-order valence-electron chi connectivity index (χ0n) is 15.8. The van der Waals surface area contributed by atoms with Crippen molar-refractivity contribution in [2.75, 3.05) is 13.1 Å². The second-order valence-electron chi connectivity index (χ2n) is 6.72. The third-order valence-corrected chi connectivity index (χ3v) is 4.53. The lowest BCUT2D eigenvalue weighted by atomic mass is 10.1. The van der Waals surface area contributed by atoms with Crippen LogP contribution in [0.1, 0.15) is 88.4 Å². The van der Waals surface area contributed by atoms with Crippen LogP contribution < -0.4 is 0 Å². The Morgan fingerprint density at radius 1 is 0.800 bits per heavy atom. The highest BCUT2D eigenvalue weighted by molar-refractivity contribution is 5.94. The Bertz CT molecular complexity index is 470. The molecule has 0 aliphatic carbocycles. The molecule has 1 amide bonds. The molecule has 0 aromatic heterocycles. The summed E-state index contributed by atoms with van der Waals surface area (Å²) >= 11 is 0. The molecule has 0 heterocycles. The molecule has 1 aromatic carbocycles. The predicted octanol–water partition coefficient (Wildman–Crippen LogP) is 6.35. The first kappa shape index (κ1) is 21.6. The molecule has 25 heavy (non-hydrogen) atoms. The zero-order valence-corrected chi connectivity index (χ0v) is 15.8. The van der Waals surface area contributed by atoms with Crippen LogP contribution in [0.3, 0.4) is 0 Å². The molecule has 4 heteroatoms. The summed E-state index contributed by atoms with van der Waals surface area (Å²) in [5, 5.41) is 0. The number of carbonyl (C=O) groups excluding carboxylic acids is 1. The lowest BCUT2D eigenvalue weighted by Crippen LogP contribution is -2.34. The first-order valence-corrected chi connectivity index (χ1v) is 9.85. The molecule has 0 saturated heterocycles. The van der Waals surface area contributed by atoms with Crippen molar-refractivity contribution in [2.45, 2.75) is 78.1 Å². The molecule has 0 atom stereocenters. The van der Waals surface area contributed by atoms with Crippen LogP contribution in [0.2, 0.25) is 0 Å². The number of amides is 1. The molecule has 0 fully saturated rings. The van der Waals surface area contributed by atoms with Crippen molar-refractivity contribution >= 4 is 5.91 Å².